The largest absolute Gasteiger partial charge is 0.311 e. The third kappa shape index (κ3) is 1.32. The van der Waals surface area contributed by atoms with E-state index in [1.165, 1.54) is 24.0 Å². The minimum absolute atomic E-state index is 0.652. The molecule has 60 valence electrons. The molecule has 1 aliphatic heterocycles. The molecule has 0 bridgehead atoms. The summed E-state index contributed by atoms with van der Waals surface area (Å²) < 4.78 is 1.23. The predicted octanol–water partition coefficient (Wildman–Crippen LogP) is 0.792. The molecule has 0 spiro atoms. The van der Waals surface area contributed by atoms with Gasteiger partial charge in [-0.3, -0.25) is 5.32 Å². The maximum absolute atomic E-state index is 3.46. The third-order valence-corrected chi connectivity index (χ3v) is 2.77. The van der Waals surface area contributed by atoms with Crippen LogP contribution in [-0.4, -0.2) is 37.3 Å². The van der Waals surface area contributed by atoms with Crippen LogP contribution < -0.4 is 5.32 Å². The van der Waals surface area contributed by atoms with Gasteiger partial charge in [-0.05, 0) is 6.54 Å². The number of nitrogens with one attached hydrogen (secondary N) is 1. The molecular weight excluding hydrogens is 124 g/mol. The van der Waals surface area contributed by atoms with Crippen molar-refractivity contribution in [3.63, 3.8) is 0 Å². The Hall–Kier alpha value is -0.0800. The molecule has 0 aromatic carbocycles. The van der Waals surface area contributed by atoms with Gasteiger partial charge in [0, 0.05) is 13.3 Å². The Bertz CT molecular complexity index is 108. The van der Waals surface area contributed by atoms with Crippen molar-refractivity contribution in [1.29, 1.82) is 0 Å². The summed E-state index contributed by atoms with van der Waals surface area (Å²) in [7, 11) is 2.33. The van der Waals surface area contributed by atoms with Gasteiger partial charge >= 0.3 is 0 Å². The van der Waals surface area contributed by atoms with Crippen LogP contribution in [0, 0.1) is 0 Å². The van der Waals surface area contributed by atoms with E-state index in [0.29, 0.717) is 6.17 Å². The lowest BCUT2D eigenvalue weighted by atomic mass is 10.1. The van der Waals surface area contributed by atoms with Crippen molar-refractivity contribution in [2.24, 2.45) is 0 Å². The Morgan fingerprint density at radius 3 is 2.40 bits per heavy atom. The molecule has 0 saturated carbocycles. The van der Waals surface area contributed by atoms with E-state index in [2.05, 4.69) is 26.2 Å². The van der Waals surface area contributed by atoms with Crippen molar-refractivity contribution in [1.82, 2.24) is 5.32 Å². The summed E-state index contributed by atoms with van der Waals surface area (Å²) in [6, 6.07) is 0. The monoisotopic (exact) mass is 143 g/mol. The fourth-order valence-electron chi connectivity index (χ4n) is 1.56. The molecule has 1 atom stereocenters. The summed E-state index contributed by atoms with van der Waals surface area (Å²) in [5, 5.41) is 3.46. The van der Waals surface area contributed by atoms with Crippen LogP contribution in [0.2, 0.25) is 0 Å². The van der Waals surface area contributed by atoms with Crippen molar-refractivity contribution < 1.29 is 4.48 Å². The Labute approximate surface area is 63.8 Å². The molecule has 0 radical (unpaired) electrons. The van der Waals surface area contributed by atoms with Crippen LogP contribution in [0.5, 0.6) is 0 Å². The van der Waals surface area contributed by atoms with Gasteiger partial charge in [0.15, 0.2) is 0 Å². The molecule has 0 aromatic heterocycles. The van der Waals surface area contributed by atoms with Crippen LogP contribution in [0.25, 0.3) is 0 Å². The topological polar surface area (TPSA) is 12.0 Å². The van der Waals surface area contributed by atoms with E-state index in [1.807, 2.05) is 0 Å². The lowest BCUT2D eigenvalue weighted by Crippen LogP contribution is -2.64. The van der Waals surface area contributed by atoms with Crippen molar-refractivity contribution >= 4 is 0 Å². The van der Waals surface area contributed by atoms with E-state index in [9.17, 15) is 0 Å². The van der Waals surface area contributed by atoms with Gasteiger partial charge in [-0.2, -0.15) is 0 Å². The van der Waals surface area contributed by atoms with Gasteiger partial charge in [0.2, 0.25) is 0 Å². The zero-order valence-electron chi connectivity index (χ0n) is 7.35. The molecule has 2 heteroatoms. The van der Waals surface area contributed by atoms with Crippen LogP contribution >= 0.6 is 0 Å². The molecule has 1 unspecified atom stereocenters. The van der Waals surface area contributed by atoms with Crippen LogP contribution in [0.15, 0.2) is 0 Å². The van der Waals surface area contributed by atoms with Crippen LogP contribution in [0.3, 0.4) is 0 Å². The molecule has 0 aromatic rings. The Morgan fingerprint density at radius 1 is 1.50 bits per heavy atom. The Morgan fingerprint density at radius 2 is 2.10 bits per heavy atom. The molecule has 0 amide bonds. The number of quaternary nitrogens is 1. The second-order valence-corrected chi connectivity index (χ2v) is 3.51. The summed E-state index contributed by atoms with van der Waals surface area (Å²) in [6.45, 7) is 8.25. The first kappa shape index (κ1) is 8.02. The molecule has 1 fully saturated rings. The van der Waals surface area contributed by atoms with Crippen LogP contribution in [0.1, 0.15) is 20.3 Å². The molecule has 1 heterocycles. The number of hydrogen-bond donors (Lipinski definition) is 1. The highest BCUT2D eigenvalue weighted by Crippen LogP contribution is 2.19. The molecule has 1 aliphatic rings. The van der Waals surface area contributed by atoms with Crippen molar-refractivity contribution in [2.45, 2.75) is 26.4 Å². The molecule has 1 saturated heterocycles. The summed E-state index contributed by atoms with van der Waals surface area (Å²) in [5.74, 6) is 0. The number of hydrogen-bond acceptors (Lipinski definition) is 1. The predicted molar refractivity (Wildman–Crippen MR) is 43.7 cm³/mol. The highest BCUT2D eigenvalue weighted by molar-refractivity contribution is 4.57. The summed E-state index contributed by atoms with van der Waals surface area (Å²) >= 11 is 0. The maximum atomic E-state index is 3.46. The van der Waals surface area contributed by atoms with Gasteiger partial charge < -0.3 is 4.48 Å². The van der Waals surface area contributed by atoms with Gasteiger partial charge in [0.25, 0.3) is 0 Å². The molecule has 0 aliphatic carbocycles. The first-order valence-corrected chi connectivity index (χ1v) is 4.26. The number of likely N-dealkylation sites (tertiary alicyclic amines) is 1. The number of nitrogens with zero attached hydrogens (tertiary/aromatic N) is 1. The standard InChI is InChI=1S/C8H19N2/c1-4-9-8(2)10(3)6-5-7-10/h8-9H,4-7H2,1-3H3/q+1. The normalized spacial score (nSPS) is 25.5. The SMILES string of the molecule is CCNC(C)[N+]1(C)CCC1. The second-order valence-electron chi connectivity index (χ2n) is 3.51. The van der Waals surface area contributed by atoms with Gasteiger partial charge in [-0.25, -0.2) is 0 Å². The van der Waals surface area contributed by atoms with Gasteiger partial charge in [-0.15, -0.1) is 0 Å². The van der Waals surface area contributed by atoms with E-state index in [1.54, 1.807) is 0 Å². The minimum atomic E-state index is 0.652. The summed E-state index contributed by atoms with van der Waals surface area (Å²) in [4.78, 5) is 0. The van der Waals surface area contributed by atoms with Crippen molar-refractivity contribution in [3.8, 4) is 0 Å². The molecule has 10 heavy (non-hydrogen) atoms. The average Bonchev–Trinajstić information content (AvgIpc) is 1.83. The quantitative estimate of drug-likeness (QED) is 0.576. The highest BCUT2D eigenvalue weighted by Gasteiger charge is 2.35. The minimum Gasteiger partial charge on any atom is -0.311 e. The van der Waals surface area contributed by atoms with Gasteiger partial charge in [0.05, 0.1) is 20.1 Å². The first-order valence-electron chi connectivity index (χ1n) is 4.26. The third-order valence-electron chi connectivity index (χ3n) is 2.77. The highest BCUT2D eigenvalue weighted by atomic mass is 15.4. The zero-order chi connectivity index (χ0) is 7.61. The Kier molecular flexibility index (Phi) is 2.32. The average molecular weight is 143 g/mol. The van der Waals surface area contributed by atoms with E-state index in [0.717, 1.165) is 6.54 Å². The molecule has 1 N–H and O–H groups in total. The van der Waals surface area contributed by atoms with E-state index >= 15 is 0 Å². The second kappa shape index (κ2) is 2.89. The fraction of sp³-hybridized carbons (Fsp3) is 1.00. The smallest absolute Gasteiger partial charge is 0.139 e. The lowest BCUT2D eigenvalue weighted by molar-refractivity contribution is -0.969. The Balaban J connectivity index is 2.31. The van der Waals surface area contributed by atoms with Gasteiger partial charge in [0.1, 0.15) is 6.17 Å². The molecule has 2 nitrogen and oxygen atoms in total. The summed E-state index contributed by atoms with van der Waals surface area (Å²) in [5.41, 5.74) is 0. The lowest BCUT2D eigenvalue weighted by Gasteiger charge is -2.46. The molecule has 1 rings (SSSR count). The fourth-order valence-corrected chi connectivity index (χ4v) is 1.56. The van der Waals surface area contributed by atoms with E-state index in [-0.39, 0.29) is 0 Å². The van der Waals surface area contributed by atoms with E-state index < -0.39 is 0 Å². The summed E-state index contributed by atoms with van der Waals surface area (Å²) in [6.07, 6.45) is 2.06. The van der Waals surface area contributed by atoms with Gasteiger partial charge in [-0.1, -0.05) is 6.92 Å². The zero-order valence-corrected chi connectivity index (χ0v) is 7.35. The maximum Gasteiger partial charge on any atom is 0.139 e. The van der Waals surface area contributed by atoms with Crippen LogP contribution in [0.4, 0.5) is 0 Å². The number of rotatable bonds is 3. The van der Waals surface area contributed by atoms with Crippen molar-refractivity contribution in [2.75, 3.05) is 26.7 Å². The first-order chi connectivity index (χ1) is 4.69. The van der Waals surface area contributed by atoms with Crippen molar-refractivity contribution in [3.05, 3.63) is 0 Å². The van der Waals surface area contributed by atoms with Crippen LogP contribution in [-0.2, 0) is 0 Å². The molecular formula is C8H19N2+. The van der Waals surface area contributed by atoms with E-state index in [4.69, 9.17) is 0 Å².